The quantitative estimate of drug-likeness (QED) is 0.280. The molecule has 0 saturated carbocycles. The Morgan fingerprint density at radius 3 is 1.78 bits per heavy atom. The van der Waals surface area contributed by atoms with Crippen molar-refractivity contribution in [3.8, 4) is 11.1 Å². The van der Waals surface area contributed by atoms with Crippen molar-refractivity contribution in [3.05, 3.63) is 83.9 Å². The van der Waals surface area contributed by atoms with Gasteiger partial charge in [-0.15, -0.1) is 0 Å². The van der Waals surface area contributed by atoms with Crippen molar-refractivity contribution in [1.82, 2.24) is 0 Å². The third-order valence-corrected chi connectivity index (χ3v) is 5.07. The molecule has 0 aliphatic rings. The SMILES string of the molecule is CS(=O)(=O)c1ccccc1-c1ccc(C(=O)O)cc1.Cc1ccccc1N.O=P(Cl)(Cl)Cl. The van der Waals surface area contributed by atoms with E-state index < -0.39 is 21.0 Å². The van der Waals surface area contributed by atoms with E-state index in [1.165, 1.54) is 18.2 Å². The van der Waals surface area contributed by atoms with Gasteiger partial charge in [0, 0.05) is 17.5 Å². The van der Waals surface area contributed by atoms with Gasteiger partial charge in [-0.2, -0.15) is 0 Å². The number of para-hydroxylation sites is 1. The normalized spacial score (nSPS) is 10.8. The zero-order valence-electron chi connectivity index (χ0n) is 17.1. The molecule has 0 unspecified atom stereocenters. The zero-order valence-corrected chi connectivity index (χ0v) is 21.1. The number of aryl methyl sites for hydroxylation is 1. The number of carboxylic acids is 1. The van der Waals surface area contributed by atoms with Crippen molar-refractivity contribution < 1.29 is 22.9 Å². The average Bonchev–Trinajstić information content (AvgIpc) is 2.69. The summed E-state index contributed by atoms with van der Waals surface area (Å²) >= 11 is 13.8. The lowest BCUT2D eigenvalue weighted by Crippen LogP contribution is -2.00. The molecule has 0 aliphatic heterocycles. The zero-order chi connectivity index (χ0) is 24.5. The van der Waals surface area contributed by atoms with Crippen LogP contribution in [0.3, 0.4) is 0 Å². The van der Waals surface area contributed by atoms with E-state index in [1.807, 2.05) is 31.2 Å². The summed E-state index contributed by atoms with van der Waals surface area (Å²) in [5.41, 5.74) is 8.94. The van der Waals surface area contributed by atoms with Crippen LogP contribution in [0.1, 0.15) is 15.9 Å². The summed E-state index contributed by atoms with van der Waals surface area (Å²) < 4.78 is 32.9. The molecule has 0 amide bonds. The number of rotatable bonds is 3. The van der Waals surface area contributed by atoms with E-state index in [9.17, 15) is 17.8 Å². The molecular weight excluding hydrogens is 516 g/mol. The number of nitrogen functional groups attached to an aromatic ring is 1. The molecule has 32 heavy (non-hydrogen) atoms. The summed E-state index contributed by atoms with van der Waals surface area (Å²) in [6.07, 6.45) is 1.15. The second-order valence-electron chi connectivity index (χ2n) is 6.41. The summed E-state index contributed by atoms with van der Waals surface area (Å²) in [5.74, 6) is -1.01. The number of halogens is 3. The van der Waals surface area contributed by atoms with Crippen molar-refractivity contribution in [2.75, 3.05) is 12.0 Å². The molecule has 0 saturated heterocycles. The fourth-order valence-corrected chi connectivity index (χ4v) is 3.32. The molecule has 0 aromatic heterocycles. The number of carbonyl (C=O) groups is 1. The third-order valence-electron chi connectivity index (χ3n) is 3.92. The minimum atomic E-state index is -3.32. The van der Waals surface area contributed by atoms with Gasteiger partial charge < -0.3 is 10.8 Å². The lowest BCUT2D eigenvalue weighted by molar-refractivity contribution is 0.0697. The van der Waals surface area contributed by atoms with Crippen LogP contribution in [-0.4, -0.2) is 25.7 Å². The second-order valence-corrected chi connectivity index (χ2v) is 15.0. The number of aromatic carboxylic acids is 1. The van der Waals surface area contributed by atoms with Gasteiger partial charge in [-0.25, -0.2) is 13.2 Å². The highest BCUT2D eigenvalue weighted by molar-refractivity contribution is 8.24. The van der Waals surface area contributed by atoms with Crippen molar-refractivity contribution in [1.29, 1.82) is 0 Å². The minimum Gasteiger partial charge on any atom is -0.478 e. The van der Waals surface area contributed by atoms with Gasteiger partial charge >= 0.3 is 11.2 Å². The molecule has 172 valence electrons. The number of hydrogen-bond donors (Lipinski definition) is 2. The summed E-state index contributed by atoms with van der Waals surface area (Å²) in [5, 5.41) is 5.61. The van der Waals surface area contributed by atoms with Gasteiger partial charge in [0.05, 0.1) is 10.5 Å². The number of hydrogen-bond acceptors (Lipinski definition) is 5. The lowest BCUT2D eigenvalue weighted by atomic mass is 10.0. The number of anilines is 1. The first-order valence-corrected chi connectivity index (χ1v) is 15.1. The highest BCUT2D eigenvalue weighted by Crippen LogP contribution is 2.61. The van der Waals surface area contributed by atoms with Gasteiger partial charge in [-0.05, 0) is 76.0 Å². The summed E-state index contributed by atoms with van der Waals surface area (Å²) in [4.78, 5) is 11.0. The Balaban J connectivity index is 0.000000323. The second kappa shape index (κ2) is 12.3. The van der Waals surface area contributed by atoms with E-state index in [1.54, 1.807) is 30.3 Å². The van der Waals surface area contributed by atoms with Crippen LogP contribution in [0, 0.1) is 6.92 Å². The molecule has 3 N–H and O–H groups in total. The molecular formula is C21H21Cl3NO5PS. The van der Waals surface area contributed by atoms with Gasteiger partial charge in [0.15, 0.2) is 9.84 Å². The monoisotopic (exact) mass is 535 g/mol. The molecule has 0 atom stereocenters. The van der Waals surface area contributed by atoms with Crippen LogP contribution < -0.4 is 5.73 Å². The molecule has 3 aromatic carbocycles. The van der Waals surface area contributed by atoms with Crippen LogP contribution in [0.15, 0.2) is 77.7 Å². The van der Waals surface area contributed by atoms with Gasteiger partial charge in [0.2, 0.25) is 0 Å². The molecule has 0 bridgehead atoms. The molecule has 3 rings (SSSR count). The smallest absolute Gasteiger partial charge is 0.339 e. The average molecular weight is 537 g/mol. The molecule has 0 spiro atoms. The Morgan fingerprint density at radius 1 is 0.906 bits per heavy atom. The number of sulfone groups is 1. The topological polar surface area (TPSA) is 115 Å². The predicted molar refractivity (Wildman–Crippen MR) is 133 cm³/mol. The van der Waals surface area contributed by atoms with Crippen LogP contribution in [-0.2, 0) is 14.4 Å². The van der Waals surface area contributed by atoms with Crippen LogP contribution in [0.25, 0.3) is 11.1 Å². The van der Waals surface area contributed by atoms with Crippen molar-refractivity contribution in [2.24, 2.45) is 0 Å². The van der Waals surface area contributed by atoms with Crippen LogP contribution >= 0.6 is 38.9 Å². The molecule has 0 aliphatic carbocycles. The summed E-state index contributed by atoms with van der Waals surface area (Å²) in [7, 11) is -3.32. The van der Waals surface area contributed by atoms with E-state index in [4.69, 9.17) is 10.8 Å². The fraction of sp³-hybridized carbons (Fsp3) is 0.0952. The highest BCUT2D eigenvalue weighted by atomic mass is 36.0. The van der Waals surface area contributed by atoms with Gasteiger partial charge in [0.1, 0.15) is 0 Å². The Kier molecular flexibility index (Phi) is 10.8. The molecule has 6 nitrogen and oxygen atoms in total. The van der Waals surface area contributed by atoms with Crippen LogP contribution in [0.5, 0.6) is 0 Å². The molecule has 3 aromatic rings. The molecule has 0 heterocycles. The van der Waals surface area contributed by atoms with Crippen LogP contribution in [0.4, 0.5) is 5.69 Å². The lowest BCUT2D eigenvalue weighted by Gasteiger charge is -2.08. The first-order valence-electron chi connectivity index (χ1n) is 8.83. The Hall–Kier alpha value is -2.02. The van der Waals surface area contributed by atoms with E-state index in [0.717, 1.165) is 17.5 Å². The number of nitrogens with two attached hydrogens (primary N) is 1. The van der Waals surface area contributed by atoms with E-state index >= 15 is 0 Å². The molecule has 11 heteroatoms. The number of carboxylic acid groups (broad SMARTS) is 1. The van der Waals surface area contributed by atoms with Crippen molar-refractivity contribution >= 4 is 60.4 Å². The maximum absolute atomic E-state index is 11.7. The van der Waals surface area contributed by atoms with Crippen molar-refractivity contribution in [2.45, 2.75) is 11.8 Å². The maximum atomic E-state index is 11.7. The molecule has 0 fully saturated rings. The first kappa shape index (κ1) is 28.0. The minimum absolute atomic E-state index is 0.167. The first-order chi connectivity index (χ1) is 14.7. The fourth-order valence-electron chi connectivity index (χ4n) is 2.41. The van der Waals surface area contributed by atoms with E-state index in [-0.39, 0.29) is 10.5 Å². The summed E-state index contributed by atoms with van der Waals surface area (Å²) in [6, 6.07) is 20.6. The van der Waals surface area contributed by atoms with E-state index in [0.29, 0.717) is 11.1 Å². The third kappa shape index (κ3) is 10.5. The van der Waals surface area contributed by atoms with E-state index in [2.05, 4.69) is 33.7 Å². The number of benzene rings is 3. The predicted octanol–water partition coefficient (Wildman–Crippen LogP) is 6.84. The Bertz CT molecular complexity index is 1180. The summed E-state index contributed by atoms with van der Waals surface area (Å²) in [6.45, 7) is 2.00. The van der Waals surface area contributed by atoms with Gasteiger partial charge in [-0.3, -0.25) is 4.57 Å². The standard InChI is InChI=1S/C14H12O4S.C7H9N.Cl3OP/c1-19(17,18)13-5-3-2-4-12(13)10-6-8-11(9-7-10)14(15)16;1-6-4-2-3-5-7(6)8;1-5(2,3)4/h2-9H,1H3,(H,15,16);2-5H,8H2,1H3;. The Morgan fingerprint density at radius 2 is 1.38 bits per heavy atom. The molecule has 0 radical (unpaired) electrons. The largest absolute Gasteiger partial charge is 0.478 e. The highest BCUT2D eigenvalue weighted by Gasteiger charge is 2.14. The maximum Gasteiger partial charge on any atom is 0.339 e. The van der Waals surface area contributed by atoms with Gasteiger partial charge in [0.25, 0.3) is 0 Å². The van der Waals surface area contributed by atoms with Gasteiger partial charge in [-0.1, -0.05) is 48.5 Å². The van der Waals surface area contributed by atoms with Crippen LogP contribution in [0.2, 0.25) is 0 Å². The Labute approximate surface area is 201 Å². The van der Waals surface area contributed by atoms with Crippen molar-refractivity contribution in [3.63, 3.8) is 0 Å².